The zero-order valence-corrected chi connectivity index (χ0v) is 17.0. The maximum absolute atomic E-state index is 11.2. The molecule has 0 radical (unpaired) electrons. The van der Waals surface area contributed by atoms with Crippen molar-refractivity contribution in [2.75, 3.05) is 6.79 Å². The minimum Gasteiger partial charge on any atom is -0.489 e. The summed E-state index contributed by atoms with van der Waals surface area (Å²) in [6, 6.07) is 17.8. The van der Waals surface area contributed by atoms with Crippen LogP contribution in [0.4, 0.5) is 0 Å². The van der Waals surface area contributed by atoms with Crippen molar-refractivity contribution in [2.45, 2.75) is 20.5 Å². The molecule has 4 rings (SSSR count). The number of nitrogens with zero attached hydrogens (tertiary/aromatic N) is 1. The fraction of sp³-hybridized carbons (Fsp3) is 0.167. The average molecular weight is 417 g/mol. The Bertz CT molecular complexity index is 1180. The van der Waals surface area contributed by atoms with Crippen LogP contribution in [0.2, 0.25) is 0 Å². The minimum absolute atomic E-state index is 0.220. The second-order valence-electron chi connectivity index (χ2n) is 6.87. The zero-order chi connectivity index (χ0) is 21.8. The highest BCUT2D eigenvalue weighted by molar-refractivity contribution is 5.70. The number of carbonyl (C=O) groups excluding carboxylic acids is 1. The summed E-state index contributed by atoms with van der Waals surface area (Å²) in [5.74, 6) is 2.91. The lowest BCUT2D eigenvalue weighted by Gasteiger charge is -2.12. The average Bonchev–Trinajstić information content (AvgIpc) is 3.22. The van der Waals surface area contributed by atoms with Crippen molar-refractivity contribution in [2.24, 2.45) is 0 Å². The van der Waals surface area contributed by atoms with E-state index in [1.54, 1.807) is 43.3 Å². The summed E-state index contributed by atoms with van der Waals surface area (Å²) in [6.07, 6.45) is 0. The first-order valence-corrected chi connectivity index (χ1v) is 9.54. The number of rotatable bonds is 6. The fourth-order valence-electron chi connectivity index (χ4n) is 3.05. The molecule has 0 bridgehead atoms. The third kappa shape index (κ3) is 4.70. The van der Waals surface area contributed by atoms with Gasteiger partial charge in [-0.3, -0.25) is 4.79 Å². The second-order valence-corrected chi connectivity index (χ2v) is 6.87. The molecule has 0 spiro atoms. The van der Waals surface area contributed by atoms with E-state index in [0.717, 1.165) is 11.1 Å². The highest BCUT2D eigenvalue weighted by Crippen LogP contribution is 2.34. The molecule has 0 aromatic heterocycles. The van der Waals surface area contributed by atoms with Gasteiger partial charge < -0.3 is 23.7 Å². The van der Waals surface area contributed by atoms with Gasteiger partial charge in [0.25, 0.3) is 0 Å². The summed E-state index contributed by atoms with van der Waals surface area (Å²) in [5, 5.41) is 9.43. The number of esters is 1. The molecule has 0 aliphatic carbocycles. The number of hydrogen-bond acceptors (Lipinski definition) is 7. The molecule has 3 aromatic rings. The normalized spacial score (nSPS) is 11.5. The van der Waals surface area contributed by atoms with Gasteiger partial charge in [0.1, 0.15) is 35.7 Å². The van der Waals surface area contributed by atoms with Crippen LogP contribution in [0.5, 0.6) is 34.5 Å². The molecule has 3 aromatic carbocycles. The number of fused-ring (bicyclic) bond motifs is 1. The number of benzene rings is 3. The van der Waals surface area contributed by atoms with Crippen LogP contribution in [0.3, 0.4) is 0 Å². The van der Waals surface area contributed by atoms with E-state index < -0.39 is 5.97 Å². The monoisotopic (exact) mass is 417 g/mol. The predicted octanol–water partition coefficient (Wildman–Crippen LogP) is 4.89. The van der Waals surface area contributed by atoms with Gasteiger partial charge in [0.05, 0.1) is 5.56 Å². The summed E-state index contributed by atoms with van der Waals surface area (Å²) in [4.78, 5) is 11.2. The molecule has 7 heteroatoms. The lowest BCUT2D eigenvalue weighted by molar-refractivity contribution is -0.131. The van der Waals surface area contributed by atoms with Crippen molar-refractivity contribution in [1.29, 1.82) is 5.26 Å². The molecule has 7 nitrogen and oxygen atoms in total. The van der Waals surface area contributed by atoms with Crippen LogP contribution in [-0.2, 0) is 11.4 Å². The van der Waals surface area contributed by atoms with Gasteiger partial charge in [0.15, 0.2) is 11.5 Å². The van der Waals surface area contributed by atoms with Crippen LogP contribution in [0.15, 0.2) is 54.6 Å². The molecule has 0 atom stereocenters. The van der Waals surface area contributed by atoms with E-state index in [0.29, 0.717) is 46.7 Å². The number of hydrogen-bond donors (Lipinski definition) is 0. The molecule has 0 amide bonds. The van der Waals surface area contributed by atoms with E-state index in [1.165, 1.54) is 6.92 Å². The Kier molecular flexibility index (Phi) is 5.63. The first-order valence-electron chi connectivity index (χ1n) is 9.54. The van der Waals surface area contributed by atoms with Gasteiger partial charge in [-0.15, -0.1) is 0 Å². The van der Waals surface area contributed by atoms with E-state index in [2.05, 4.69) is 6.07 Å². The van der Waals surface area contributed by atoms with E-state index in [4.69, 9.17) is 23.7 Å². The van der Waals surface area contributed by atoms with E-state index in [1.807, 2.05) is 18.2 Å². The lowest BCUT2D eigenvalue weighted by atomic mass is 10.2. The molecule has 31 heavy (non-hydrogen) atoms. The van der Waals surface area contributed by atoms with Gasteiger partial charge in [-0.05, 0) is 60.5 Å². The molecule has 1 heterocycles. The molecular weight excluding hydrogens is 398 g/mol. The first-order chi connectivity index (χ1) is 15.0. The molecular formula is C24H19NO6. The molecule has 0 unspecified atom stereocenters. The highest BCUT2D eigenvalue weighted by atomic mass is 16.7. The Morgan fingerprint density at radius 3 is 2.58 bits per heavy atom. The molecule has 1 aliphatic heterocycles. The van der Waals surface area contributed by atoms with Crippen LogP contribution < -0.4 is 23.7 Å². The number of aryl methyl sites for hydroxylation is 1. The predicted molar refractivity (Wildman–Crippen MR) is 111 cm³/mol. The van der Waals surface area contributed by atoms with Gasteiger partial charge in [0, 0.05) is 13.0 Å². The molecule has 1 aliphatic rings. The van der Waals surface area contributed by atoms with E-state index in [9.17, 15) is 10.1 Å². The minimum atomic E-state index is -0.393. The van der Waals surface area contributed by atoms with Crippen molar-refractivity contribution >= 4 is 5.97 Å². The van der Waals surface area contributed by atoms with Gasteiger partial charge in [-0.25, -0.2) is 0 Å². The van der Waals surface area contributed by atoms with Crippen LogP contribution in [0, 0.1) is 18.3 Å². The first kappa shape index (κ1) is 20.1. The van der Waals surface area contributed by atoms with Gasteiger partial charge in [-0.2, -0.15) is 5.26 Å². The summed E-state index contributed by atoms with van der Waals surface area (Å²) >= 11 is 0. The maximum Gasteiger partial charge on any atom is 0.308 e. The van der Waals surface area contributed by atoms with Crippen LogP contribution in [0.25, 0.3) is 0 Å². The molecule has 0 fully saturated rings. The van der Waals surface area contributed by atoms with Crippen LogP contribution in [0.1, 0.15) is 23.6 Å². The smallest absolute Gasteiger partial charge is 0.308 e. The Balaban J connectivity index is 1.49. The topological polar surface area (TPSA) is 87.0 Å². The Morgan fingerprint density at radius 2 is 1.81 bits per heavy atom. The maximum atomic E-state index is 11.2. The lowest BCUT2D eigenvalue weighted by Crippen LogP contribution is -2.02. The Labute approximate surface area is 179 Å². The summed E-state index contributed by atoms with van der Waals surface area (Å²) in [6.45, 7) is 3.69. The van der Waals surface area contributed by atoms with Crippen molar-refractivity contribution in [3.63, 3.8) is 0 Å². The van der Waals surface area contributed by atoms with Crippen molar-refractivity contribution in [3.8, 4) is 40.6 Å². The van der Waals surface area contributed by atoms with Gasteiger partial charge in [0.2, 0.25) is 6.79 Å². The third-order valence-electron chi connectivity index (χ3n) is 4.54. The molecule has 0 N–H and O–H groups in total. The van der Waals surface area contributed by atoms with Gasteiger partial charge in [-0.1, -0.05) is 6.07 Å². The third-order valence-corrected chi connectivity index (χ3v) is 4.54. The largest absolute Gasteiger partial charge is 0.489 e. The Morgan fingerprint density at radius 1 is 1.00 bits per heavy atom. The highest BCUT2D eigenvalue weighted by Gasteiger charge is 2.14. The number of carbonyl (C=O) groups is 1. The van der Waals surface area contributed by atoms with Crippen molar-refractivity contribution in [1.82, 2.24) is 0 Å². The van der Waals surface area contributed by atoms with Crippen molar-refractivity contribution < 1.29 is 28.5 Å². The van der Waals surface area contributed by atoms with Gasteiger partial charge >= 0.3 is 5.97 Å². The summed E-state index contributed by atoms with van der Waals surface area (Å²) in [5.41, 5.74) is 2.03. The summed E-state index contributed by atoms with van der Waals surface area (Å²) < 4.78 is 27.6. The fourth-order valence-corrected chi connectivity index (χ4v) is 3.05. The van der Waals surface area contributed by atoms with Crippen molar-refractivity contribution in [3.05, 3.63) is 71.3 Å². The van der Waals surface area contributed by atoms with E-state index in [-0.39, 0.29) is 6.79 Å². The molecule has 0 saturated heterocycles. The standard InChI is InChI=1S/C24H19NO6/c1-15-9-20(6-8-21(15)30-16(2)26)31-23-11-19(5-4-18(23)12-25)27-13-17-3-7-22-24(10-17)29-14-28-22/h3-11H,13-14H2,1-2H3. The SMILES string of the molecule is CC(=O)Oc1ccc(Oc2cc(OCc3ccc4c(c3)OCO4)ccc2C#N)cc1C. The second kappa shape index (κ2) is 8.67. The van der Waals surface area contributed by atoms with Crippen LogP contribution in [-0.4, -0.2) is 12.8 Å². The Hall–Kier alpha value is -4.18. The van der Waals surface area contributed by atoms with E-state index >= 15 is 0 Å². The van der Waals surface area contributed by atoms with Crippen LogP contribution >= 0.6 is 0 Å². The summed E-state index contributed by atoms with van der Waals surface area (Å²) in [7, 11) is 0. The molecule has 0 saturated carbocycles. The zero-order valence-electron chi connectivity index (χ0n) is 17.0. The molecule has 156 valence electrons. The number of nitriles is 1. The number of ether oxygens (including phenoxy) is 5. The quantitative estimate of drug-likeness (QED) is 0.417.